The van der Waals surface area contributed by atoms with Gasteiger partial charge in [0.15, 0.2) is 11.7 Å². The maximum absolute atomic E-state index is 13.2. The second-order valence-corrected chi connectivity index (χ2v) is 6.52. The minimum atomic E-state index is -4.51. The Morgan fingerprint density at radius 2 is 1.90 bits per heavy atom. The highest BCUT2D eigenvalue weighted by Gasteiger charge is 2.36. The van der Waals surface area contributed by atoms with Crippen molar-refractivity contribution in [2.24, 2.45) is 12.0 Å². The first-order valence-electron chi connectivity index (χ1n) is 9.66. The first-order chi connectivity index (χ1) is 14.3. The molecule has 0 aliphatic heterocycles. The van der Waals surface area contributed by atoms with Gasteiger partial charge < -0.3 is 20.1 Å². The third-order valence-electron chi connectivity index (χ3n) is 4.16. The van der Waals surface area contributed by atoms with Crippen LogP contribution >= 0.6 is 24.0 Å². The number of aromatic nitrogens is 2. The van der Waals surface area contributed by atoms with E-state index in [2.05, 4.69) is 20.7 Å². The van der Waals surface area contributed by atoms with Gasteiger partial charge in [-0.15, -0.1) is 24.0 Å². The molecule has 2 rings (SSSR count). The fourth-order valence-corrected chi connectivity index (χ4v) is 2.69. The van der Waals surface area contributed by atoms with Crippen molar-refractivity contribution in [3.05, 3.63) is 47.3 Å². The van der Waals surface area contributed by atoms with Crippen LogP contribution < -0.4 is 15.4 Å². The maximum atomic E-state index is 13.2. The van der Waals surface area contributed by atoms with E-state index in [1.165, 1.54) is 13.2 Å². The average Bonchev–Trinajstić information content (AvgIpc) is 3.10. The normalized spacial score (nSPS) is 11.7. The minimum Gasteiger partial charge on any atom is -0.497 e. The summed E-state index contributed by atoms with van der Waals surface area (Å²) in [4.78, 5) is 4.49. The van der Waals surface area contributed by atoms with Crippen molar-refractivity contribution < 1.29 is 22.6 Å². The van der Waals surface area contributed by atoms with Crippen molar-refractivity contribution in [2.75, 3.05) is 26.9 Å². The molecular formula is C20H29F3IN5O2. The Morgan fingerprint density at radius 1 is 1.19 bits per heavy atom. The number of hydrogen-bond acceptors (Lipinski definition) is 4. The Hall–Kier alpha value is -2.02. The molecule has 7 nitrogen and oxygen atoms in total. The Morgan fingerprint density at radius 3 is 2.52 bits per heavy atom. The quantitative estimate of drug-likeness (QED) is 0.203. The van der Waals surface area contributed by atoms with E-state index in [1.54, 1.807) is 7.11 Å². The standard InChI is InChI=1S/C20H28F3N5O2.HI/c1-4-30-11-5-10-24-19(25-12-15-6-8-17(29-3)9-7-15)26-13-16-14-28(2)27-18(16)20(21,22)23;/h6-9,14H,4-5,10-13H2,1-3H3,(H2,24,25,26);1H. The van der Waals surface area contributed by atoms with E-state index in [1.807, 2.05) is 31.2 Å². The summed E-state index contributed by atoms with van der Waals surface area (Å²) in [6, 6.07) is 7.44. The van der Waals surface area contributed by atoms with Crippen molar-refractivity contribution in [1.82, 2.24) is 20.4 Å². The van der Waals surface area contributed by atoms with E-state index >= 15 is 0 Å². The van der Waals surface area contributed by atoms with E-state index in [9.17, 15) is 13.2 Å². The largest absolute Gasteiger partial charge is 0.497 e. The summed E-state index contributed by atoms with van der Waals surface area (Å²) in [7, 11) is 3.05. The Bertz CT molecular complexity index is 810. The molecule has 0 saturated carbocycles. The Kier molecular flexibility index (Phi) is 11.7. The van der Waals surface area contributed by atoms with Crippen LogP contribution in [0.2, 0.25) is 0 Å². The number of alkyl halides is 3. The highest BCUT2D eigenvalue weighted by molar-refractivity contribution is 14.0. The topological polar surface area (TPSA) is 72.7 Å². The van der Waals surface area contributed by atoms with Gasteiger partial charge in [-0.3, -0.25) is 4.68 Å². The van der Waals surface area contributed by atoms with Crippen LogP contribution in [0.1, 0.15) is 30.2 Å². The van der Waals surface area contributed by atoms with Gasteiger partial charge in [0.1, 0.15) is 5.75 Å². The molecule has 0 fully saturated rings. The first-order valence-corrected chi connectivity index (χ1v) is 9.66. The smallest absolute Gasteiger partial charge is 0.435 e. The molecule has 0 aliphatic carbocycles. The second kappa shape index (κ2) is 13.4. The van der Waals surface area contributed by atoms with Gasteiger partial charge in [-0.25, -0.2) is 4.99 Å². The molecule has 0 aliphatic rings. The molecule has 1 heterocycles. The third kappa shape index (κ3) is 9.33. The molecule has 0 radical (unpaired) electrons. The number of nitrogens with zero attached hydrogens (tertiary/aromatic N) is 3. The predicted molar refractivity (Wildman–Crippen MR) is 124 cm³/mol. The van der Waals surface area contributed by atoms with Crippen LogP contribution in [0.3, 0.4) is 0 Å². The van der Waals surface area contributed by atoms with Gasteiger partial charge in [-0.1, -0.05) is 12.1 Å². The summed E-state index contributed by atoms with van der Waals surface area (Å²) in [5.41, 5.74) is 0.102. The van der Waals surface area contributed by atoms with Gasteiger partial charge in [0.2, 0.25) is 0 Å². The lowest BCUT2D eigenvalue weighted by molar-refractivity contribution is -0.142. The number of methoxy groups -OCH3 is 1. The van der Waals surface area contributed by atoms with Crippen LogP contribution in [0.25, 0.3) is 0 Å². The summed E-state index contributed by atoms with van der Waals surface area (Å²) in [5, 5.41) is 9.63. The lowest BCUT2D eigenvalue weighted by atomic mass is 10.2. The lowest BCUT2D eigenvalue weighted by Gasteiger charge is -2.13. The Balaban J connectivity index is 0.00000480. The van der Waals surface area contributed by atoms with Gasteiger partial charge >= 0.3 is 6.18 Å². The average molecular weight is 555 g/mol. The molecule has 31 heavy (non-hydrogen) atoms. The van der Waals surface area contributed by atoms with Crippen LogP contribution in [0.4, 0.5) is 13.2 Å². The predicted octanol–water partition coefficient (Wildman–Crippen LogP) is 3.73. The van der Waals surface area contributed by atoms with E-state index in [-0.39, 0.29) is 36.1 Å². The Labute approximate surface area is 197 Å². The molecule has 0 bridgehead atoms. The number of ether oxygens (including phenoxy) is 2. The third-order valence-corrected chi connectivity index (χ3v) is 4.16. The molecule has 2 aromatic rings. The molecule has 0 atom stereocenters. The number of halogens is 4. The maximum Gasteiger partial charge on any atom is 0.435 e. The lowest BCUT2D eigenvalue weighted by Crippen LogP contribution is -2.38. The van der Waals surface area contributed by atoms with E-state index in [0.717, 1.165) is 22.4 Å². The molecule has 174 valence electrons. The summed E-state index contributed by atoms with van der Waals surface area (Å²) < 4.78 is 51.1. The van der Waals surface area contributed by atoms with E-state index < -0.39 is 11.9 Å². The van der Waals surface area contributed by atoms with Gasteiger partial charge in [0.25, 0.3) is 0 Å². The highest BCUT2D eigenvalue weighted by atomic mass is 127. The molecular weight excluding hydrogens is 526 g/mol. The minimum absolute atomic E-state index is 0. The fraction of sp³-hybridized carbons (Fsp3) is 0.500. The zero-order valence-electron chi connectivity index (χ0n) is 17.8. The zero-order valence-corrected chi connectivity index (χ0v) is 20.2. The number of guanidine groups is 1. The molecule has 2 N–H and O–H groups in total. The number of nitrogens with one attached hydrogen (secondary N) is 2. The summed E-state index contributed by atoms with van der Waals surface area (Å²) in [6.45, 7) is 4.04. The fourth-order valence-electron chi connectivity index (χ4n) is 2.69. The van der Waals surface area contributed by atoms with E-state index in [4.69, 9.17) is 9.47 Å². The molecule has 0 spiro atoms. The summed E-state index contributed by atoms with van der Waals surface area (Å²) >= 11 is 0. The number of benzene rings is 1. The van der Waals surface area contributed by atoms with Gasteiger partial charge in [-0.05, 0) is 31.0 Å². The SMILES string of the molecule is CCOCCCNC(=NCc1ccc(OC)cc1)NCc1cn(C)nc1C(F)(F)F.I. The monoisotopic (exact) mass is 555 g/mol. The number of hydrogen-bond donors (Lipinski definition) is 2. The number of aliphatic imine (C=N–C) groups is 1. The van der Waals surface area contributed by atoms with Crippen molar-refractivity contribution in [3.8, 4) is 5.75 Å². The van der Waals surface area contributed by atoms with Crippen LogP contribution in [-0.4, -0.2) is 42.6 Å². The van der Waals surface area contributed by atoms with Crippen LogP contribution in [0.15, 0.2) is 35.5 Å². The van der Waals surface area contributed by atoms with Gasteiger partial charge in [0, 0.05) is 45.1 Å². The summed E-state index contributed by atoms with van der Waals surface area (Å²) in [5.74, 6) is 1.16. The number of aryl methyl sites for hydroxylation is 1. The van der Waals surface area contributed by atoms with Gasteiger partial charge in [-0.2, -0.15) is 18.3 Å². The van der Waals surface area contributed by atoms with Crippen molar-refractivity contribution in [3.63, 3.8) is 0 Å². The van der Waals surface area contributed by atoms with Crippen LogP contribution in [-0.2, 0) is 31.1 Å². The first kappa shape index (κ1) is 27.0. The molecule has 0 unspecified atom stereocenters. The van der Waals surface area contributed by atoms with Gasteiger partial charge in [0.05, 0.1) is 13.7 Å². The molecule has 1 aromatic carbocycles. The zero-order chi connectivity index (χ0) is 22.0. The van der Waals surface area contributed by atoms with Crippen LogP contribution in [0, 0.1) is 0 Å². The van der Waals surface area contributed by atoms with E-state index in [0.29, 0.717) is 32.3 Å². The molecule has 0 saturated heterocycles. The van der Waals surface area contributed by atoms with Crippen LogP contribution in [0.5, 0.6) is 5.75 Å². The molecule has 1 aromatic heterocycles. The molecule has 11 heteroatoms. The molecule has 0 amide bonds. The van der Waals surface area contributed by atoms with Crippen molar-refractivity contribution in [1.29, 1.82) is 0 Å². The van der Waals surface area contributed by atoms with Crippen molar-refractivity contribution in [2.45, 2.75) is 32.6 Å². The highest BCUT2D eigenvalue weighted by Crippen LogP contribution is 2.30. The number of rotatable bonds is 10. The van der Waals surface area contributed by atoms with Crippen molar-refractivity contribution >= 4 is 29.9 Å². The summed E-state index contributed by atoms with van der Waals surface area (Å²) in [6.07, 6.45) is -2.41. The second-order valence-electron chi connectivity index (χ2n) is 6.52.